The van der Waals surface area contributed by atoms with Crippen LogP contribution in [0.1, 0.15) is 34.8 Å². The summed E-state index contributed by atoms with van der Waals surface area (Å²) in [7, 11) is 1.64. The third-order valence-electron chi connectivity index (χ3n) is 6.43. The molecule has 3 N–H and O–H groups in total. The van der Waals surface area contributed by atoms with E-state index in [4.69, 9.17) is 20.4 Å². The number of carbonyl (C=O) groups is 1. The summed E-state index contributed by atoms with van der Waals surface area (Å²) in [4.78, 5) is 23.2. The second-order valence-electron chi connectivity index (χ2n) is 8.94. The first-order chi connectivity index (χ1) is 17.5. The minimum Gasteiger partial charge on any atom is -0.496 e. The summed E-state index contributed by atoms with van der Waals surface area (Å²) < 4.78 is 7.38. The highest BCUT2D eigenvalue weighted by atomic mass is 16.5. The minimum absolute atomic E-state index is 0.0434. The quantitative estimate of drug-likeness (QED) is 0.327. The first kappa shape index (κ1) is 23.4. The van der Waals surface area contributed by atoms with Gasteiger partial charge in [-0.1, -0.05) is 60.7 Å². The summed E-state index contributed by atoms with van der Waals surface area (Å²) in [5, 5.41) is 3.12. The van der Waals surface area contributed by atoms with Gasteiger partial charge in [-0.15, -0.1) is 0 Å². The van der Waals surface area contributed by atoms with Crippen LogP contribution in [0.5, 0.6) is 5.75 Å². The second kappa shape index (κ2) is 10.1. The van der Waals surface area contributed by atoms with Gasteiger partial charge < -0.3 is 20.4 Å². The van der Waals surface area contributed by atoms with E-state index in [1.807, 2.05) is 78.2 Å². The van der Waals surface area contributed by atoms with E-state index in [1.165, 1.54) is 5.56 Å². The molecule has 36 heavy (non-hydrogen) atoms. The van der Waals surface area contributed by atoms with Crippen LogP contribution in [0, 0.1) is 0 Å². The lowest BCUT2D eigenvalue weighted by Crippen LogP contribution is -2.33. The van der Waals surface area contributed by atoms with E-state index in [0.29, 0.717) is 34.6 Å². The third-order valence-corrected chi connectivity index (χ3v) is 6.43. The van der Waals surface area contributed by atoms with Gasteiger partial charge in [-0.2, -0.15) is 0 Å². The molecule has 5 aromatic rings. The Morgan fingerprint density at radius 3 is 2.39 bits per heavy atom. The predicted octanol–water partition coefficient (Wildman–Crippen LogP) is 4.97. The molecule has 0 saturated carbocycles. The van der Waals surface area contributed by atoms with Gasteiger partial charge in [0.05, 0.1) is 24.7 Å². The molecule has 3 aromatic carbocycles. The molecule has 2 heterocycles. The third kappa shape index (κ3) is 4.60. The number of para-hydroxylation sites is 3. The first-order valence-electron chi connectivity index (χ1n) is 12.1. The van der Waals surface area contributed by atoms with E-state index < -0.39 is 0 Å². The smallest absolute Gasteiger partial charge is 0.257 e. The van der Waals surface area contributed by atoms with E-state index in [1.54, 1.807) is 7.11 Å². The molecule has 0 spiro atoms. The number of carbonyl (C=O) groups excluding carboxylic acids is 1. The zero-order valence-corrected chi connectivity index (χ0v) is 20.4. The molecular formula is C29H29N5O2. The summed E-state index contributed by atoms with van der Waals surface area (Å²) >= 11 is 0. The van der Waals surface area contributed by atoms with Gasteiger partial charge in [-0.25, -0.2) is 9.97 Å². The number of aryl methyl sites for hydroxylation is 1. The highest BCUT2D eigenvalue weighted by Crippen LogP contribution is 2.30. The molecule has 7 nitrogen and oxygen atoms in total. The number of anilines is 1. The van der Waals surface area contributed by atoms with Crippen molar-refractivity contribution in [1.82, 2.24) is 19.9 Å². The van der Waals surface area contributed by atoms with Crippen LogP contribution in [-0.2, 0) is 13.0 Å². The molecule has 0 aliphatic heterocycles. The van der Waals surface area contributed by atoms with Crippen LogP contribution in [0.2, 0.25) is 0 Å². The number of fused-ring (bicyclic) bond motifs is 2. The van der Waals surface area contributed by atoms with Crippen LogP contribution in [-0.4, -0.2) is 33.6 Å². The number of nitrogen functional groups attached to an aromatic ring is 1. The molecule has 7 heteroatoms. The van der Waals surface area contributed by atoms with Gasteiger partial charge in [0.1, 0.15) is 22.6 Å². The van der Waals surface area contributed by atoms with Gasteiger partial charge in [0.15, 0.2) is 5.65 Å². The normalized spacial score (nSPS) is 12.1. The second-order valence-corrected chi connectivity index (χ2v) is 8.94. The molecular weight excluding hydrogens is 450 g/mol. The van der Waals surface area contributed by atoms with E-state index in [9.17, 15) is 4.79 Å². The number of nitrogens with one attached hydrogen (secondary N) is 1. The SMILES string of the molecule is COc1ccccc1Cn1c(N)c(C(=O)N[C@H](C)CCc2ccccc2)c2nc3ccccc3nc21. The lowest BCUT2D eigenvalue weighted by molar-refractivity contribution is 0.0940. The van der Waals surface area contributed by atoms with Gasteiger partial charge in [0, 0.05) is 11.6 Å². The number of nitrogens with zero attached hydrogens (tertiary/aromatic N) is 3. The first-order valence-corrected chi connectivity index (χ1v) is 12.1. The summed E-state index contributed by atoms with van der Waals surface area (Å²) in [6, 6.07) is 25.6. The molecule has 2 aromatic heterocycles. The van der Waals surface area contributed by atoms with Crippen LogP contribution >= 0.6 is 0 Å². The standard InChI is InChI=1S/C29H29N5O2/c1-19(16-17-20-10-4-3-5-11-20)31-29(35)25-26-28(33-23-14-8-7-13-22(23)32-26)34(27(25)30)18-21-12-6-9-15-24(21)36-2/h3-15,19H,16-18,30H2,1-2H3,(H,31,35)/t19-/m1/s1. The van der Waals surface area contributed by atoms with E-state index in [-0.39, 0.29) is 11.9 Å². The topological polar surface area (TPSA) is 95.1 Å². The molecule has 0 aliphatic rings. The predicted molar refractivity (Wildman–Crippen MR) is 143 cm³/mol. The highest BCUT2D eigenvalue weighted by Gasteiger charge is 2.25. The van der Waals surface area contributed by atoms with Crippen molar-refractivity contribution in [2.45, 2.75) is 32.4 Å². The molecule has 0 unspecified atom stereocenters. The van der Waals surface area contributed by atoms with Gasteiger partial charge in [0.25, 0.3) is 5.91 Å². The fourth-order valence-corrected chi connectivity index (χ4v) is 4.50. The molecule has 0 fully saturated rings. The molecule has 0 bridgehead atoms. The Labute approximate surface area is 209 Å². The van der Waals surface area contributed by atoms with Gasteiger partial charge in [-0.05, 0) is 43.5 Å². The number of amides is 1. The van der Waals surface area contributed by atoms with Crippen LogP contribution in [0.15, 0.2) is 78.9 Å². The van der Waals surface area contributed by atoms with Crippen molar-refractivity contribution in [3.05, 3.63) is 95.6 Å². The monoisotopic (exact) mass is 479 g/mol. The van der Waals surface area contributed by atoms with Crippen LogP contribution in [0.3, 0.4) is 0 Å². The Bertz CT molecular complexity index is 1530. The number of nitrogens with two attached hydrogens (primary N) is 1. The lowest BCUT2D eigenvalue weighted by Gasteiger charge is -2.14. The van der Waals surface area contributed by atoms with Crippen molar-refractivity contribution in [2.24, 2.45) is 0 Å². The van der Waals surface area contributed by atoms with Crippen LogP contribution < -0.4 is 15.8 Å². The Morgan fingerprint density at radius 1 is 0.972 bits per heavy atom. The number of benzene rings is 3. The van der Waals surface area contributed by atoms with Crippen molar-refractivity contribution in [1.29, 1.82) is 0 Å². The maximum absolute atomic E-state index is 13.5. The van der Waals surface area contributed by atoms with Crippen molar-refractivity contribution < 1.29 is 9.53 Å². The summed E-state index contributed by atoms with van der Waals surface area (Å²) in [6.07, 6.45) is 1.68. The highest BCUT2D eigenvalue weighted by molar-refractivity contribution is 6.10. The zero-order chi connectivity index (χ0) is 25.1. The molecule has 182 valence electrons. The number of hydrogen-bond acceptors (Lipinski definition) is 5. The molecule has 1 atom stereocenters. The molecule has 0 saturated heterocycles. The number of hydrogen-bond donors (Lipinski definition) is 2. The zero-order valence-electron chi connectivity index (χ0n) is 20.4. The molecule has 0 radical (unpaired) electrons. The number of methoxy groups -OCH3 is 1. The number of aromatic nitrogens is 3. The summed E-state index contributed by atoms with van der Waals surface area (Å²) in [5.74, 6) is 0.827. The van der Waals surface area contributed by atoms with Gasteiger partial charge in [0.2, 0.25) is 0 Å². The maximum Gasteiger partial charge on any atom is 0.257 e. The average Bonchev–Trinajstić information content (AvgIpc) is 3.17. The van der Waals surface area contributed by atoms with Crippen molar-refractivity contribution in [3.63, 3.8) is 0 Å². The Balaban J connectivity index is 1.51. The Hall–Kier alpha value is -4.39. The fraction of sp³-hybridized carbons (Fsp3) is 0.207. The molecule has 5 rings (SSSR count). The van der Waals surface area contributed by atoms with E-state index in [0.717, 1.165) is 29.7 Å². The number of rotatable bonds is 8. The number of ether oxygens (including phenoxy) is 1. The molecule has 0 aliphatic carbocycles. The lowest BCUT2D eigenvalue weighted by atomic mass is 10.1. The largest absolute Gasteiger partial charge is 0.496 e. The van der Waals surface area contributed by atoms with E-state index >= 15 is 0 Å². The summed E-state index contributed by atoms with van der Waals surface area (Å²) in [6.45, 7) is 2.41. The van der Waals surface area contributed by atoms with Crippen molar-refractivity contribution in [2.75, 3.05) is 12.8 Å². The van der Waals surface area contributed by atoms with Gasteiger partial charge in [-0.3, -0.25) is 4.79 Å². The van der Waals surface area contributed by atoms with Gasteiger partial charge >= 0.3 is 0 Å². The van der Waals surface area contributed by atoms with E-state index in [2.05, 4.69) is 17.4 Å². The minimum atomic E-state index is -0.249. The average molecular weight is 480 g/mol. The van der Waals surface area contributed by atoms with Crippen LogP contribution in [0.25, 0.3) is 22.2 Å². The molecule has 1 amide bonds. The Morgan fingerprint density at radius 2 is 1.64 bits per heavy atom. The van der Waals surface area contributed by atoms with Crippen molar-refractivity contribution >= 4 is 33.9 Å². The van der Waals surface area contributed by atoms with Crippen molar-refractivity contribution in [3.8, 4) is 5.75 Å². The Kier molecular flexibility index (Phi) is 6.54. The maximum atomic E-state index is 13.5. The fourth-order valence-electron chi connectivity index (χ4n) is 4.50. The summed E-state index contributed by atoms with van der Waals surface area (Å²) in [5.41, 5.74) is 11.7. The van der Waals surface area contributed by atoms with Crippen LogP contribution in [0.4, 0.5) is 5.82 Å².